The van der Waals surface area contributed by atoms with Crippen LogP contribution >= 0.6 is 10.1 Å². The number of carboxylic acid groups (broad SMARTS) is 1. The van der Waals surface area contributed by atoms with Gasteiger partial charge in [-0.15, -0.1) is 0 Å². The Labute approximate surface area is 87.7 Å². The number of aromatic nitrogens is 2. The third kappa shape index (κ3) is 4.90. The van der Waals surface area contributed by atoms with Gasteiger partial charge in [0, 0.05) is 11.9 Å². The first kappa shape index (κ1) is 12.4. The second-order valence-electron chi connectivity index (χ2n) is 2.17. The largest absolute Gasteiger partial charge is 0.665 e. The second kappa shape index (κ2) is 6.91. The van der Waals surface area contributed by atoms with Crippen LogP contribution < -0.4 is 0 Å². The molecule has 13 heavy (non-hydrogen) atoms. The maximum Gasteiger partial charge on any atom is 0.285 e. The van der Waals surface area contributed by atoms with Gasteiger partial charge in [-0.3, -0.25) is 4.79 Å². The number of aromatic amines is 1. The molecule has 1 unspecified atom stereocenters. The standard InChI is InChI=1S/C6H8N3O2.ClH.Cu/c7-5(6(10)11)1-4-2-8-3-9-4;;/h2-3,5,7H,1H2,(H,8,9)(H,10,11);1H;/q-1;;+2/p-1. The first-order chi connectivity index (χ1) is 6.20. The van der Waals surface area contributed by atoms with E-state index in [4.69, 9.17) is 10.8 Å². The molecule has 1 aromatic heterocycles. The molecule has 0 radical (unpaired) electrons. The van der Waals surface area contributed by atoms with Gasteiger partial charge >= 0.3 is 25.2 Å². The molecule has 1 atom stereocenters. The number of halogens is 1. The van der Waals surface area contributed by atoms with Crippen LogP contribution in [0.2, 0.25) is 0 Å². The van der Waals surface area contributed by atoms with Gasteiger partial charge in [-0.25, -0.2) is 4.98 Å². The zero-order valence-corrected chi connectivity index (χ0v) is 8.12. The van der Waals surface area contributed by atoms with Crippen molar-refractivity contribution in [3.63, 3.8) is 0 Å². The molecule has 1 rings (SSSR count). The Morgan fingerprint density at radius 1 is 1.85 bits per heavy atom. The van der Waals surface area contributed by atoms with E-state index in [1.54, 1.807) is 0 Å². The van der Waals surface area contributed by atoms with E-state index < -0.39 is 12.0 Å². The quantitative estimate of drug-likeness (QED) is 0.791. The van der Waals surface area contributed by atoms with Crippen molar-refractivity contribution in [3.8, 4) is 0 Å². The van der Waals surface area contributed by atoms with Gasteiger partial charge < -0.3 is 15.8 Å². The maximum absolute atomic E-state index is 10.2. The van der Waals surface area contributed by atoms with Crippen LogP contribution in [-0.4, -0.2) is 27.1 Å². The molecular weight excluding hydrogens is 245 g/mol. The second-order valence-corrected chi connectivity index (χ2v) is 2.17. The van der Waals surface area contributed by atoms with Crippen molar-refractivity contribution in [2.75, 3.05) is 0 Å². The number of H-pyrrole nitrogens is 1. The third-order valence-corrected chi connectivity index (χ3v) is 1.28. The number of imidazole rings is 1. The summed E-state index contributed by atoms with van der Waals surface area (Å²) in [5.41, 5.74) is 7.73. The average molecular weight is 253 g/mol. The molecule has 0 saturated heterocycles. The van der Waals surface area contributed by atoms with Crippen LogP contribution in [0, 0.1) is 0 Å². The van der Waals surface area contributed by atoms with Crippen LogP contribution in [0.25, 0.3) is 5.73 Å². The minimum absolute atomic E-state index is 0.176. The zero-order chi connectivity index (χ0) is 10.3. The Bertz CT molecular complexity index is 242. The molecule has 7 heteroatoms. The van der Waals surface area contributed by atoms with E-state index in [0.29, 0.717) is 5.69 Å². The van der Waals surface area contributed by atoms with E-state index in [9.17, 15) is 4.79 Å². The monoisotopic (exact) mass is 252 g/mol. The molecule has 0 amide bonds. The van der Waals surface area contributed by atoms with Crippen LogP contribution in [0.1, 0.15) is 5.69 Å². The van der Waals surface area contributed by atoms with Crippen LogP contribution in [0.15, 0.2) is 12.5 Å². The van der Waals surface area contributed by atoms with E-state index in [-0.39, 0.29) is 6.42 Å². The molecule has 0 saturated carbocycles. The number of rotatable bonds is 3. The molecule has 0 fully saturated rings. The molecule has 1 heterocycles. The van der Waals surface area contributed by atoms with Crippen LogP contribution in [0.5, 0.6) is 0 Å². The van der Waals surface area contributed by atoms with Gasteiger partial charge in [0.1, 0.15) is 0 Å². The first-order valence-electron chi connectivity index (χ1n) is 3.22. The Balaban J connectivity index is 0.000000671. The van der Waals surface area contributed by atoms with Gasteiger partial charge in [-0.05, 0) is 12.5 Å². The minimum atomic E-state index is -1.11. The van der Waals surface area contributed by atoms with Crippen molar-refractivity contribution in [2.24, 2.45) is 0 Å². The van der Waals surface area contributed by atoms with Crippen LogP contribution in [0.3, 0.4) is 0 Å². The summed E-state index contributed by atoms with van der Waals surface area (Å²) in [5, 5.41) is 8.36. The SMILES string of the molecule is [Cl][Cu+].[NH-]C(Cc1cnc[nH]1)C(=O)O. The zero-order valence-electron chi connectivity index (χ0n) is 6.42. The molecule has 0 aliphatic rings. The number of carbonyl (C=O) groups is 1. The fraction of sp³-hybridized carbons (Fsp3) is 0.333. The van der Waals surface area contributed by atoms with Gasteiger partial charge in [0.15, 0.2) is 0 Å². The number of carboxylic acids is 1. The Morgan fingerprint density at radius 2 is 2.46 bits per heavy atom. The summed E-state index contributed by atoms with van der Waals surface area (Å²) in [6.45, 7) is 0. The summed E-state index contributed by atoms with van der Waals surface area (Å²) >= 11 is 3.66. The Morgan fingerprint density at radius 3 is 2.85 bits per heavy atom. The number of nitrogens with zero attached hydrogens (tertiary/aromatic N) is 1. The summed E-state index contributed by atoms with van der Waals surface area (Å²) in [6, 6.07) is -1.10. The molecule has 5 nitrogen and oxygen atoms in total. The molecule has 0 bridgehead atoms. The molecule has 77 valence electrons. The van der Waals surface area contributed by atoms with Gasteiger partial charge in [0.2, 0.25) is 0 Å². The molecule has 0 aliphatic carbocycles. The van der Waals surface area contributed by atoms with Gasteiger partial charge in [-0.2, -0.15) is 0 Å². The van der Waals surface area contributed by atoms with Crippen molar-refractivity contribution < 1.29 is 25.0 Å². The number of aliphatic carboxylic acids is 1. The van der Waals surface area contributed by atoms with Crippen molar-refractivity contribution in [2.45, 2.75) is 12.5 Å². The van der Waals surface area contributed by atoms with E-state index in [2.05, 4.69) is 35.2 Å². The van der Waals surface area contributed by atoms with Crippen LogP contribution in [0.4, 0.5) is 0 Å². The Hall–Kier alpha value is -0.551. The molecule has 0 aliphatic heterocycles. The number of nitrogens with one attached hydrogen (secondary N) is 2. The predicted molar refractivity (Wildman–Crippen MR) is 43.9 cm³/mol. The predicted octanol–water partition coefficient (Wildman–Crippen LogP) is 1.14. The summed E-state index contributed by atoms with van der Waals surface area (Å²) < 4.78 is 0. The van der Waals surface area contributed by atoms with Crippen molar-refractivity contribution in [1.29, 1.82) is 0 Å². The maximum atomic E-state index is 10.2. The summed E-state index contributed by atoms with van der Waals surface area (Å²) in [5.74, 6) is -1.11. The van der Waals surface area contributed by atoms with Crippen molar-refractivity contribution in [1.82, 2.24) is 9.97 Å². The van der Waals surface area contributed by atoms with Crippen molar-refractivity contribution >= 4 is 16.1 Å². The minimum Gasteiger partial charge on any atom is -0.665 e. The molecule has 0 spiro atoms. The number of hydrogen-bond donors (Lipinski definition) is 2. The topological polar surface area (TPSA) is 89.8 Å². The normalized spacial score (nSPS) is 11.4. The molecular formula is C6H8ClCuN3O2. The summed E-state index contributed by atoms with van der Waals surface area (Å²) in [7, 11) is 4.20. The van der Waals surface area contributed by atoms with E-state index >= 15 is 0 Å². The van der Waals surface area contributed by atoms with Gasteiger partial charge in [0.25, 0.3) is 5.97 Å². The fourth-order valence-electron chi connectivity index (χ4n) is 0.704. The average Bonchev–Trinajstić information content (AvgIpc) is 2.60. The van der Waals surface area contributed by atoms with E-state index in [0.717, 1.165) is 0 Å². The third-order valence-electron chi connectivity index (χ3n) is 1.28. The van der Waals surface area contributed by atoms with E-state index in [1.165, 1.54) is 12.5 Å². The van der Waals surface area contributed by atoms with Gasteiger partial charge in [0.05, 0.1) is 6.33 Å². The van der Waals surface area contributed by atoms with Gasteiger partial charge in [-0.1, -0.05) is 0 Å². The fourth-order valence-corrected chi connectivity index (χ4v) is 0.704. The van der Waals surface area contributed by atoms with Crippen LogP contribution in [-0.2, 0) is 26.3 Å². The first-order valence-corrected chi connectivity index (χ1v) is 4.52. The Kier molecular flexibility index (Phi) is 6.62. The summed E-state index contributed by atoms with van der Waals surface area (Å²) in [6.07, 6.45) is 3.16. The van der Waals surface area contributed by atoms with Crippen molar-refractivity contribution in [3.05, 3.63) is 24.0 Å². The molecule has 3 N–H and O–H groups in total. The number of hydrogen-bond acceptors (Lipinski definition) is 2. The molecule has 1 aromatic rings. The smallest absolute Gasteiger partial charge is 0.285 e. The summed E-state index contributed by atoms with van der Waals surface area (Å²) in [4.78, 5) is 16.6. The van der Waals surface area contributed by atoms with E-state index in [1.807, 2.05) is 0 Å². The molecule has 0 aromatic carbocycles.